The van der Waals surface area contributed by atoms with E-state index in [9.17, 15) is 4.79 Å². The van der Waals surface area contributed by atoms with Crippen molar-refractivity contribution in [2.75, 3.05) is 18.9 Å². The molecule has 0 bridgehead atoms. The molecule has 1 aromatic heterocycles. The van der Waals surface area contributed by atoms with Gasteiger partial charge in [0.1, 0.15) is 11.6 Å². The van der Waals surface area contributed by atoms with Gasteiger partial charge in [0.05, 0.1) is 11.6 Å². The number of pyridine rings is 1. The highest BCUT2D eigenvalue weighted by atomic mass is 35.5. The van der Waals surface area contributed by atoms with Crippen molar-refractivity contribution in [3.63, 3.8) is 0 Å². The van der Waals surface area contributed by atoms with E-state index in [0.29, 0.717) is 41.0 Å². The summed E-state index contributed by atoms with van der Waals surface area (Å²) < 4.78 is 5.39. The first kappa shape index (κ1) is 17.4. The summed E-state index contributed by atoms with van der Waals surface area (Å²) in [5.41, 5.74) is 7.51. The van der Waals surface area contributed by atoms with Crippen LogP contribution in [0.25, 0.3) is 0 Å². The number of para-hydroxylation sites is 1. The van der Waals surface area contributed by atoms with Crippen LogP contribution in [0.5, 0.6) is 5.88 Å². The van der Waals surface area contributed by atoms with Crippen LogP contribution in [0.2, 0.25) is 10.0 Å². The van der Waals surface area contributed by atoms with E-state index in [1.54, 1.807) is 6.07 Å². The zero-order chi connectivity index (χ0) is 16.7. The van der Waals surface area contributed by atoms with E-state index in [0.717, 1.165) is 5.56 Å². The molecule has 2 aromatic rings. The molecule has 0 aliphatic rings. The standard InChI is InChI=1S/C16H17Cl2N3O2/c17-12-9-13(18)16(21-10-12)23-8-7-20-15(22)6-5-11-3-1-2-4-14(11)19/h1-4,9-10H,5-8,19H2,(H,20,22). The number of nitrogen functional groups attached to an aromatic ring is 1. The molecule has 0 spiro atoms. The molecule has 7 heteroatoms. The van der Waals surface area contributed by atoms with Gasteiger partial charge in [-0.25, -0.2) is 4.98 Å². The Labute approximate surface area is 144 Å². The molecular weight excluding hydrogens is 337 g/mol. The molecule has 0 fully saturated rings. The molecule has 23 heavy (non-hydrogen) atoms. The lowest BCUT2D eigenvalue weighted by atomic mass is 10.1. The second-order valence-corrected chi connectivity index (χ2v) is 5.68. The van der Waals surface area contributed by atoms with Gasteiger partial charge >= 0.3 is 0 Å². The minimum absolute atomic E-state index is 0.0629. The lowest BCUT2D eigenvalue weighted by molar-refractivity contribution is -0.121. The van der Waals surface area contributed by atoms with Crippen molar-refractivity contribution in [2.24, 2.45) is 0 Å². The number of nitrogens with zero attached hydrogens (tertiary/aromatic N) is 1. The van der Waals surface area contributed by atoms with Crippen molar-refractivity contribution in [2.45, 2.75) is 12.8 Å². The smallest absolute Gasteiger partial charge is 0.232 e. The van der Waals surface area contributed by atoms with E-state index in [1.165, 1.54) is 6.20 Å². The number of aromatic nitrogens is 1. The van der Waals surface area contributed by atoms with Crippen molar-refractivity contribution in [1.29, 1.82) is 0 Å². The molecule has 0 saturated carbocycles. The average Bonchev–Trinajstić information content (AvgIpc) is 2.52. The number of hydrogen-bond donors (Lipinski definition) is 2. The van der Waals surface area contributed by atoms with Crippen LogP contribution in [-0.4, -0.2) is 24.0 Å². The highest BCUT2D eigenvalue weighted by molar-refractivity contribution is 6.35. The predicted molar refractivity (Wildman–Crippen MR) is 91.9 cm³/mol. The summed E-state index contributed by atoms with van der Waals surface area (Å²) in [5, 5.41) is 3.55. The maximum Gasteiger partial charge on any atom is 0.232 e. The van der Waals surface area contributed by atoms with Crippen molar-refractivity contribution in [3.05, 3.63) is 52.1 Å². The van der Waals surface area contributed by atoms with E-state index < -0.39 is 0 Å². The molecular formula is C16H17Cl2N3O2. The van der Waals surface area contributed by atoms with Gasteiger partial charge in [-0.05, 0) is 24.1 Å². The molecule has 0 aliphatic carbocycles. The molecule has 2 rings (SSSR count). The Hall–Kier alpha value is -1.98. The Morgan fingerprint density at radius 1 is 1.30 bits per heavy atom. The number of anilines is 1. The Bertz CT molecular complexity index is 680. The number of hydrogen-bond acceptors (Lipinski definition) is 4. The number of nitrogens with one attached hydrogen (secondary N) is 1. The second kappa shape index (κ2) is 8.60. The van der Waals surface area contributed by atoms with Gasteiger partial charge in [0.15, 0.2) is 0 Å². The molecule has 1 heterocycles. The van der Waals surface area contributed by atoms with Gasteiger partial charge in [0.25, 0.3) is 0 Å². The summed E-state index contributed by atoms with van der Waals surface area (Å²) in [4.78, 5) is 15.8. The Kier molecular flexibility index (Phi) is 6.50. The lowest BCUT2D eigenvalue weighted by Gasteiger charge is -2.09. The fourth-order valence-corrected chi connectivity index (χ4v) is 2.38. The van der Waals surface area contributed by atoms with E-state index in [-0.39, 0.29) is 12.5 Å². The van der Waals surface area contributed by atoms with Crippen LogP contribution >= 0.6 is 23.2 Å². The summed E-state index contributed by atoms with van der Waals surface area (Å²) >= 11 is 11.7. The predicted octanol–water partition coefficient (Wildman–Crippen LogP) is 3.10. The van der Waals surface area contributed by atoms with Crippen LogP contribution in [0.1, 0.15) is 12.0 Å². The largest absolute Gasteiger partial charge is 0.475 e. The quantitative estimate of drug-likeness (QED) is 0.592. The van der Waals surface area contributed by atoms with Gasteiger partial charge in [-0.1, -0.05) is 41.4 Å². The van der Waals surface area contributed by atoms with E-state index in [1.807, 2.05) is 24.3 Å². The molecule has 0 saturated heterocycles. The number of benzene rings is 1. The fraction of sp³-hybridized carbons (Fsp3) is 0.250. The molecule has 5 nitrogen and oxygen atoms in total. The van der Waals surface area contributed by atoms with E-state index in [4.69, 9.17) is 33.7 Å². The lowest BCUT2D eigenvalue weighted by Crippen LogP contribution is -2.28. The monoisotopic (exact) mass is 353 g/mol. The SMILES string of the molecule is Nc1ccccc1CCC(=O)NCCOc1ncc(Cl)cc1Cl. The third-order valence-electron chi connectivity index (χ3n) is 3.11. The van der Waals surface area contributed by atoms with Crippen molar-refractivity contribution >= 4 is 34.8 Å². The van der Waals surface area contributed by atoms with E-state index in [2.05, 4.69) is 10.3 Å². The Morgan fingerprint density at radius 3 is 2.83 bits per heavy atom. The molecule has 122 valence electrons. The molecule has 0 aliphatic heterocycles. The molecule has 1 aromatic carbocycles. The number of halogens is 2. The zero-order valence-corrected chi connectivity index (χ0v) is 13.9. The van der Waals surface area contributed by atoms with Gasteiger partial charge in [-0.2, -0.15) is 0 Å². The Morgan fingerprint density at radius 2 is 2.09 bits per heavy atom. The van der Waals surface area contributed by atoms with Gasteiger partial charge in [-0.15, -0.1) is 0 Å². The van der Waals surface area contributed by atoms with Crippen molar-refractivity contribution < 1.29 is 9.53 Å². The first-order valence-electron chi connectivity index (χ1n) is 7.10. The van der Waals surface area contributed by atoms with Crippen LogP contribution in [0.3, 0.4) is 0 Å². The molecule has 3 N–H and O–H groups in total. The number of amides is 1. The number of nitrogens with two attached hydrogens (primary N) is 1. The summed E-state index contributed by atoms with van der Waals surface area (Å²) in [6, 6.07) is 9.06. The minimum Gasteiger partial charge on any atom is -0.475 e. The van der Waals surface area contributed by atoms with Gasteiger partial charge in [0, 0.05) is 18.3 Å². The highest BCUT2D eigenvalue weighted by Crippen LogP contribution is 2.24. The second-order valence-electron chi connectivity index (χ2n) is 4.84. The van der Waals surface area contributed by atoms with Crippen LogP contribution in [0.4, 0.5) is 5.69 Å². The zero-order valence-electron chi connectivity index (χ0n) is 12.4. The highest BCUT2D eigenvalue weighted by Gasteiger charge is 2.06. The number of carbonyl (C=O) groups is 1. The molecule has 1 amide bonds. The first-order chi connectivity index (χ1) is 11.1. The normalized spacial score (nSPS) is 10.3. The van der Waals surface area contributed by atoms with Crippen molar-refractivity contribution in [3.8, 4) is 5.88 Å². The molecule has 0 unspecified atom stereocenters. The number of aryl methyl sites for hydroxylation is 1. The average molecular weight is 354 g/mol. The first-order valence-corrected chi connectivity index (χ1v) is 7.86. The summed E-state index contributed by atoms with van der Waals surface area (Å²) in [5.74, 6) is 0.231. The Balaban J connectivity index is 1.68. The maximum atomic E-state index is 11.8. The van der Waals surface area contributed by atoms with Gasteiger partial charge in [0.2, 0.25) is 11.8 Å². The van der Waals surface area contributed by atoms with Crippen LogP contribution in [-0.2, 0) is 11.2 Å². The van der Waals surface area contributed by atoms with Crippen molar-refractivity contribution in [1.82, 2.24) is 10.3 Å². The summed E-state index contributed by atoms with van der Waals surface area (Å²) in [6.07, 6.45) is 2.42. The third-order valence-corrected chi connectivity index (χ3v) is 3.59. The van der Waals surface area contributed by atoms with Crippen LogP contribution in [0, 0.1) is 0 Å². The third kappa shape index (κ3) is 5.62. The maximum absolute atomic E-state index is 11.8. The molecule has 0 radical (unpaired) electrons. The van der Waals surface area contributed by atoms with Gasteiger partial charge < -0.3 is 15.8 Å². The minimum atomic E-state index is -0.0629. The van der Waals surface area contributed by atoms with Crippen LogP contribution < -0.4 is 15.8 Å². The van der Waals surface area contributed by atoms with E-state index >= 15 is 0 Å². The number of carbonyl (C=O) groups excluding carboxylic acids is 1. The molecule has 0 atom stereocenters. The van der Waals surface area contributed by atoms with Gasteiger partial charge in [-0.3, -0.25) is 4.79 Å². The topological polar surface area (TPSA) is 77.2 Å². The fourth-order valence-electron chi connectivity index (χ4n) is 1.94. The van der Waals surface area contributed by atoms with Crippen LogP contribution in [0.15, 0.2) is 36.5 Å². The summed E-state index contributed by atoms with van der Waals surface area (Å²) in [7, 11) is 0. The number of ether oxygens (including phenoxy) is 1. The summed E-state index contributed by atoms with van der Waals surface area (Å²) in [6.45, 7) is 0.636. The number of rotatable bonds is 7.